The van der Waals surface area contributed by atoms with Gasteiger partial charge < -0.3 is 15.0 Å². The van der Waals surface area contributed by atoms with Gasteiger partial charge in [0, 0.05) is 30.6 Å². The molecule has 0 radical (unpaired) electrons. The number of anilines is 1. The van der Waals surface area contributed by atoms with Crippen molar-refractivity contribution in [2.45, 2.75) is 77.4 Å². The number of halogens is 1. The van der Waals surface area contributed by atoms with Gasteiger partial charge >= 0.3 is 0 Å². The lowest BCUT2D eigenvalue weighted by Crippen LogP contribution is -2.51. The number of hydrogen-bond donors (Lipinski definition) is 1. The molecule has 0 heterocycles. The summed E-state index contributed by atoms with van der Waals surface area (Å²) in [6.07, 6.45) is 6.08. The summed E-state index contributed by atoms with van der Waals surface area (Å²) in [7, 11) is -2.02. The van der Waals surface area contributed by atoms with Crippen LogP contribution in [0.5, 0.6) is 5.75 Å². The van der Waals surface area contributed by atoms with Crippen LogP contribution in [0.4, 0.5) is 5.69 Å². The first-order valence-corrected chi connectivity index (χ1v) is 15.7. The van der Waals surface area contributed by atoms with Crippen LogP contribution in [0.1, 0.15) is 63.0 Å². The van der Waals surface area contributed by atoms with Crippen LogP contribution >= 0.6 is 11.6 Å². The van der Waals surface area contributed by atoms with E-state index in [0.29, 0.717) is 22.9 Å². The van der Waals surface area contributed by atoms with Crippen molar-refractivity contribution in [3.05, 3.63) is 58.6 Å². The molecule has 2 aromatic carbocycles. The molecule has 0 aromatic heterocycles. The monoisotopic (exact) mass is 577 g/mol. The van der Waals surface area contributed by atoms with Crippen molar-refractivity contribution >= 4 is 39.1 Å². The molecule has 1 aliphatic rings. The van der Waals surface area contributed by atoms with Gasteiger partial charge in [-0.3, -0.25) is 13.9 Å². The van der Waals surface area contributed by atoms with Crippen molar-refractivity contribution in [1.29, 1.82) is 0 Å². The molecular weight excluding hydrogens is 538 g/mol. The number of nitrogens with one attached hydrogen (secondary N) is 1. The maximum Gasteiger partial charge on any atom is 0.243 e. The summed E-state index contributed by atoms with van der Waals surface area (Å²) in [4.78, 5) is 28.6. The maximum atomic E-state index is 13.7. The Labute approximate surface area is 237 Å². The number of rotatable bonds is 13. The molecule has 214 valence electrons. The summed E-state index contributed by atoms with van der Waals surface area (Å²) < 4.78 is 31.9. The predicted molar refractivity (Wildman–Crippen MR) is 156 cm³/mol. The van der Waals surface area contributed by atoms with Gasteiger partial charge in [-0.15, -0.1) is 0 Å². The molecule has 0 saturated heterocycles. The second-order valence-corrected chi connectivity index (χ2v) is 12.5. The van der Waals surface area contributed by atoms with E-state index in [-0.39, 0.29) is 43.8 Å². The number of benzene rings is 2. The molecule has 2 amide bonds. The highest BCUT2D eigenvalue weighted by molar-refractivity contribution is 7.92. The van der Waals surface area contributed by atoms with Gasteiger partial charge in [0.1, 0.15) is 11.8 Å². The van der Waals surface area contributed by atoms with Crippen molar-refractivity contribution in [1.82, 2.24) is 10.2 Å². The highest BCUT2D eigenvalue weighted by Gasteiger charge is 2.31. The summed E-state index contributed by atoms with van der Waals surface area (Å²) >= 11 is 6.15. The first-order valence-electron chi connectivity index (χ1n) is 13.5. The van der Waals surface area contributed by atoms with E-state index in [4.69, 9.17) is 16.3 Å². The van der Waals surface area contributed by atoms with E-state index < -0.39 is 16.1 Å². The van der Waals surface area contributed by atoms with E-state index in [1.165, 1.54) is 4.31 Å². The van der Waals surface area contributed by atoms with Crippen molar-refractivity contribution in [3.8, 4) is 5.75 Å². The Morgan fingerprint density at radius 2 is 1.87 bits per heavy atom. The summed E-state index contributed by atoms with van der Waals surface area (Å²) in [5.41, 5.74) is 2.11. The van der Waals surface area contributed by atoms with Gasteiger partial charge in [-0.1, -0.05) is 49.6 Å². The number of ether oxygens (including phenoxy) is 1. The Hall–Kier alpha value is -2.78. The molecule has 10 heteroatoms. The fourth-order valence-corrected chi connectivity index (χ4v) is 6.27. The lowest BCUT2D eigenvalue weighted by Gasteiger charge is -2.32. The van der Waals surface area contributed by atoms with Crippen molar-refractivity contribution in [2.24, 2.45) is 0 Å². The maximum absolute atomic E-state index is 13.7. The van der Waals surface area contributed by atoms with Crippen LogP contribution < -0.4 is 14.4 Å². The molecule has 0 bridgehead atoms. The molecule has 3 rings (SSSR count). The van der Waals surface area contributed by atoms with Gasteiger partial charge in [0.15, 0.2) is 0 Å². The Morgan fingerprint density at radius 3 is 2.51 bits per heavy atom. The number of hydrogen-bond acceptors (Lipinski definition) is 5. The summed E-state index contributed by atoms with van der Waals surface area (Å²) in [5, 5.41) is 3.58. The largest absolute Gasteiger partial charge is 0.497 e. The number of aryl methyl sites for hydroxylation is 1. The summed E-state index contributed by atoms with van der Waals surface area (Å²) in [5.74, 6) is 0.319. The number of carbonyl (C=O) groups is 2. The molecule has 1 N–H and O–H groups in total. The molecule has 8 nitrogen and oxygen atoms in total. The zero-order chi connectivity index (χ0) is 28.6. The molecule has 1 saturated carbocycles. The molecular formula is C29H40ClN3O5S. The molecule has 2 aromatic rings. The van der Waals surface area contributed by atoms with E-state index >= 15 is 0 Å². The topological polar surface area (TPSA) is 96.0 Å². The van der Waals surface area contributed by atoms with E-state index in [1.807, 2.05) is 38.1 Å². The fourth-order valence-electron chi connectivity index (χ4n) is 5.09. The zero-order valence-electron chi connectivity index (χ0n) is 23.3. The zero-order valence-corrected chi connectivity index (χ0v) is 24.9. The standard InChI is InChI=1S/C29H40ClN3O5S/c1-5-26(29(35)31-24-11-6-7-12-24)32(20-22-10-8-13-25(18-22)38-3)28(34)14-9-17-33(39(4,36)37)27-19-23(30)16-15-21(27)2/h8,10,13,15-16,18-19,24,26H,5-7,9,11-12,14,17,20H2,1-4H3,(H,31,35)/t26-/m0/s1. The lowest BCUT2D eigenvalue weighted by molar-refractivity contribution is -0.141. The highest BCUT2D eigenvalue weighted by atomic mass is 35.5. The molecule has 0 aliphatic heterocycles. The number of amides is 2. The van der Waals surface area contributed by atoms with Gasteiger partial charge in [0.25, 0.3) is 0 Å². The number of carbonyl (C=O) groups excluding carboxylic acids is 2. The van der Waals surface area contributed by atoms with Crippen molar-refractivity contribution < 1.29 is 22.7 Å². The third kappa shape index (κ3) is 8.60. The Balaban J connectivity index is 1.79. The van der Waals surface area contributed by atoms with E-state index in [9.17, 15) is 18.0 Å². The van der Waals surface area contributed by atoms with Gasteiger partial charge in [0.2, 0.25) is 21.8 Å². The number of sulfonamides is 1. The fraction of sp³-hybridized carbons (Fsp3) is 0.517. The van der Waals surface area contributed by atoms with E-state index in [0.717, 1.165) is 43.1 Å². The minimum absolute atomic E-state index is 0.0861. The van der Waals surface area contributed by atoms with Crippen LogP contribution in [-0.4, -0.2) is 57.1 Å². The second kappa shape index (κ2) is 14.0. The van der Waals surface area contributed by atoms with Gasteiger partial charge in [-0.05, 0) is 68.0 Å². The third-order valence-corrected chi connectivity index (χ3v) is 8.58. The number of nitrogens with zero attached hydrogens (tertiary/aromatic N) is 2. The minimum Gasteiger partial charge on any atom is -0.497 e. The van der Waals surface area contributed by atoms with Crippen LogP contribution in [0.3, 0.4) is 0 Å². The van der Waals surface area contributed by atoms with Crippen LogP contribution in [-0.2, 0) is 26.2 Å². The average Bonchev–Trinajstić information content (AvgIpc) is 3.40. The van der Waals surface area contributed by atoms with Crippen LogP contribution in [0, 0.1) is 6.92 Å². The smallest absolute Gasteiger partial charge is 0.243 e. The highest BCUT2D eigenvalue weighted by Crippen LogP contribution is 2.27. The molecule has 1 aliphatic carbocycles. The molecule has 1 atom stereocenters. The normalized spacial score (nSPS) is 14.6. The van der Waals surface area contributed by atoms with Gasteiger partial charge in [-0.2, -0.15) is 0 Å². The second-order valence-electron chi connectivity index (χ2n) is 10.2. The van der Waals surface area contributed by atoms with E-state index in [2.05, 4.69) is 5.32 Å². The van der Waals surface area contributed by atoms with Gasteiger partial charge in [-0.25, -0.2) is 8.42 Å². The Bertz CT molecular complexity index is 1250. The molecule has 39 heavy (non-hydrogen) atoms. The first-order chi connectivity index (χ1) is 18.5. The SMILES string of the molecule is CC[C@@H](C(=O)NC1CCCC1)N(Cc1cccc(OC)c1)C(=O)CCCN(c1cc(Cl)ccc1C)S(C)(=O)=O. The van der Waals surface area contributed by atoms with Gasteiger partial charge in [0.05, 0.1) is 19.1 Å². The van der Waals surface area contributed by atoms with Crippen molar-refractivity contribution in [2.75, 3.05) is 24.2 Å². The third-order valence-electron chi connectivity index (χ3n) is 7.17. The predicted octanol–water partition coefficient (Wildman–Crippen LogP) is 5.07. The lowest BCUT2D eigenvalue weighted by atomic mass is 10.1. The van der Waals surface area contributed by atoms with Crippen molar-refractivity contribution in [3.63, 3.8) is 0 Å². The quantitative estimate of drug-likeness (QED) is 0.358. The minimum atomic E-state index is -3.61. The Kier molecular flexibility index (Phi) is 11.1. The first kappa shape index (κ1) is 30.8. The average molecular weight is 578 g/mol. The Morgan fingerprint density at radius 1 is 1.15 bits per heavy atom. The van der Waals surface area contributed by atoms with E-state index in [1.54, 1.807) is 30.2 Å². The molecule has 0 unspecified atom stereocenters. The van der Waals surface area contributed by atoms with Crippen LogP contribution in [0.25, 0.3) is 0 Å². The van der Waals surface area contributed by atoms with Crippen LogP contribution in [0.2, 0.25) is 5.02 Å². The number of methoxy groups -OCH3 is 1. The summed E-state index contributed by atoms with van der Waals surface area (Å²) in [6.45, 7) is 4.08. The molecule has 1 fully saturated rings. The summed E-state index contributed by atoms with van der Waals surface area (Å²) in [6, 6.07) is 12.1. The molecule has 0 spiro atoms. The van der Waals surface area contributed by atoms with Crippen LogP contribution in [0.15, 0.2) is 42.5 Å².